The molecule has 0 radical (unpaired) electrons. The van der Waals surface area contributed by atoms with Gasteiger partial charge in [-0.1, -0.05) is 43.1 Å². The third-order valence-corrected chi connectivity index (χ3v) is 6.28. The second-order valence-electron chi connectivity index (χ2n) is 8.78. The van der Waals surface area contributed by atoms with Crippen LogP contribution in [0.3, 0.4) is 0 Å². The highest BCUT2D eigenvalue weighted by Gasteiger charge is 2.42. The number of phenols is 1. The molecule has 2 N–H and O–H groups in total. The molecule has 2 aliphatic rings. The quantitative estimate of drug-likeness (QED) is 0.525. The monoisotopic (exact) mass is 454 g/mol. The number of ketones is 1. The van der Waals surface area contributed by atoms with Gasteiger partial charge in [-0.2, -0.15) is 4.98 Å². The number of phenolic OH excluding ortho intramolecular Hbond substituents is 1. The zero-order valence-corrected chi connectivity index (χ0v) is 18.5. The number of carbonyl (C=O) groups is 1. The molecule has 1 aliphatic heterocycles. The van der Waals surface area contributed by atoms with E-state index in [-0.39, 0.29) is 16.9 Å². The predicted molar refractivity (Wildman–Crippen MR) is 120 cm³/mol. The summed E-state index contributed by atoms with van der Waals surface area (Å²) in [6.45, 7) is 4.17. The molecule has 1 atom stereocenters. The van der Waals surface area contributed by atoms with E-state index >= 15 is 0 Å². The van der Waals surface area contributed by atoms with Gasteiger partial charge in [0.05, 0.1) is 0 Å². The van der Waals surface area contributed by atoms with Crippen LogP contribution in [-0.2, 0) is 4.79 Å². The predicted octanol–water partition coefficient (Wildman–Crippen LogP) is 5.62. The first-order chi connectivity index (χ1) is 14.7. The molecule has 0 bridgehead atoms. The van der Waals surface area contributed by atoms with Crippen LogP contribution in [0, 0.1) is 5.41 Å². The summed E-state index contributed by atoms with van der Waals surface area (Å²) >= 11 is 12.7. The number of Topliss-reactive ketones (excluding diaryl/α,β-unsaturated/α-hetero) is 1. The van der Waals surface area contributed by atoms with E-state index in [0.29, 0.717) is 33.8 Å². The summed E-state index contributed by atoms with van der Waals surface area (Å²) in [6, 6.07) is 11.5. The number of aromatic nitrogens is 3. The van der Waals surface area contributed by atoms with Crippen LogP contribution in [0.25, 0.3) is 11.4 Å². The van der Waals surface area contributed by atoms with Crippen LogP contribution in [0.5, 0.6) is 5.75 Å². The first kappa shape index (κ1) is 20.1. The van der Waals surface area contributed by atoms with Crippen molar-refractivity contribution in [3.05, 3.63) is 69.3 Å². The topological polar surface area (TPSA) is 80.0 Å². The van der Waals surface area contributed by atoms with Crippen LogP contribution in [0.15, 0.2) is 53.7 Å². The van der Waals surface area contributed by atoms with Crippen molar-refractivity contribution in [2.45, 2.75) is 32.7 Å². The lowest BCUT2D eigenvalue weighted by atomic mass is 9.73. The van der Waals surface area contributed by atoms with E-state index in [4.69, 9.17) is 28.3 Å². The van der Waals surface area contributed by atoms with Crippen molar-refractivity contribution >= 4 is 34.9 Å². The molecular formula is C23H20Cl2N4O2. The molecule has 6 nitrogen and oxygen atoms in total. The van der Waals surface area contributed by atoms with Crippen molar-refractivity contribution in [1.82, 2.24) is 14.8 Å². The third-order valence-electron chi connectivity index (χ3n) is 5.71. The lowest BCUT2D eigenvalue weighted by Crippen LogP contribution is -2.36. The van der Waals surface area contributed by atoms with Gasteiger partial charge in [-0.15, -0.1) is 5.10 Å². The Balaban J connectivity index is 1.70. The Labute approximate surface area is 189 Å². The number of hydrogen-bond donors (Lipinski definition) is 2. The zero-order chi connectivity index (χ0) is 21.9. The largest absolute Gasteiger partial charge is 0.508 e. The summed E-state index contributed by atoms with van der Waals surface area (Å²) in [5.74, 6) is 1.27. The summed E-state index contributed by atoms with van der Waals surface area (Å²) in [5, 5.41) is 18.7. The Bertz CT molecular complexity index is 1240. The maximum Gasteiger partial charge on any atom is 0.226 e. The number of fused-ring (bicyclic) bond motifs is 1. The highest BCUT2D eigenvalue weighted by molar-refractivity contribution is 6.35. The van der Waals surface area contributed by atoms with E-state index in [9.17, 15) is 9.90 Å². The number of nitrogens with one attached hydrogen (secondary N) is 1. The SMILES string of the molecule is CC1(C)CC(=O)C2=C(C1)Nc1nc(-c3ccc(O)cc3)nn1C2c1ccc(Cl)cc1Cl. The molecule has 0 spiro atoms. The van der Waals surface area contributed by atoms with E-state index in [0.717, 1.165) is 23.2 Å². The second-order valence-corrected chi connectivity index (χ2v) is 9.62. The van der Waals surface area contributed by atoms with Crippen molar-refractivity contribution in [2.24, 2.45) is 5.41 Å². The number of allylic oxidation sites excluding steroid dienone is 2. The van der Waals surface area contributed by atoms with E-state index in [1.165, 1.54) is 0 Å². The molecule has 0 fully saturated rings. The standard InChI is InChI=1S/C23H20Cl2N4O2/c1-23(2)10-17-19(18(31)11-23)20(15-8-5-13(24)9-16(15)25)29-22(26-17)27-21(28-29)12-3-6-14(30)7-4-12/h3-9,20,30H,10-11H2,1-2H3,(H,26,27,28). The fourth-order valence-electron chi connectivity index (χ4n) is 4.35. The molecular weight excluding hydrogens is 435 g/mol. The van der Waals surface area contributed by atoms with Crippen molar-refractivity contribution in [3.63, 3.8) is 0 Å². The van der Waals surface area contributed by atoms with Crippen molar-refractivity contribution in [1.29, 1.82) is 0 Å². The number of rotatable bonds is 2. The maximum atomic E-state index is 13.3. The Morgan fingerprint density at radius 2 is 1.87 bits per heavy atom. The summed E-state index contributed by atoms with van der Waals surface area (Å²) in [7, 11) is 0. The van der Waals surface area contributed by atoms with E-state index < -0.39 is 6.04 Å². The molecule has 1 aliphatic carbocycles. The molecule has 3 aromatic rings. The molecule has 1 aromatic heterocycles. The molecule has 0 saturated carbocycles. The van der Waals surface area contributed by atoms with Crippen molar-refractivity contribution in [2.75, 3.05) is 5.32 Å². The number of hydrogen-bond acceptors (Lipinski definition) is 5. The second kappa shape index (κ2) is 7.11. The highest BCUT2D eigenvalue weighted by Crippen LogP contribution is 2.47. The lowest BCUT2D eigenvalue weighted by Gasteiger charge is -2.38. The first-order valence-electron chi connectivity index (χ1n) is 9.96. The fraction of sp³-hybridized carbons (Fsp3) is 0.261. The summed E-state index contributed by atoms with van der Waals surface area (Å²) in [5.41, 5.74) is 2.87. The van der Waals surface area contributed by atoms with E-state index in [1.54, 1.807) is 41.1 Å². The number of halogens is 2. The third kappa shape index (κ3) is 3.50. The van der Waals surface area contributed by atoms with Gasteiger partial charge in [0.1, 0.15) is 11.8 Å². The number of aromatic hydroxyl groups is 1. The van der Waals surface area contributed by atoms with Crippen LogP contribution in [0.1, 0.15) is 38.3 Å². The van der Waals surface area contributed by atoms with Crippen LogP contribution in [-0.4, -0.2) is 25.7 Å². The minimum absolute atomic E-state index is 0.0714. The average molecular weight is 455 g/mol. The van der Waals surface area contributed by atoms with Gasteiger partial charge in [-0.25, -0.2) is 4.68 Å². The molecule has 2 aromatic carbocycles. The summed E-state index contributed by atoms with van der Waals surface area (Å²) in [6.07, 6.45) is 1.17. The van der Waals surface area contributed by atoms with Gasteiger partial charge in [0.15, 0.2) is 11.6 Å². The Morgan fingerprint density at radius 1 is 1.13 bits per heavy atom. The Kier molecular flexibility index (Phi) is 4.61. The molecule has 158 valence electrons. The molecule has 5 rings (SSSR count). The van der Waals surface area contributed by atoms with Crippen molar-refractivity contribution in [3.8, 4) is 17.1 Å². The summed E-state index contributed by atoms with van der Waals surface area (Å²) in [4.78, 5) is 18.0. The molecule has 0 saturated heterocycles. The Hall–Kier alpha value is -2.83. The highest BCUT2D eigenvalue weighted by atomic mass is 35.5. The molecule has 0 amide bonds. The van der Waals surface area contributed by atoms with E-state index in [2.05, 4.69) is 24.1 Å². The number of carbonyl (C=O) groups excluding carboxylic acids is 1. The number of anilines is 1. The van der Waals surface area contributed by atoms with Crippen LogP contribution < -0.4 is 5.32 Å². The number of nitrogens with zero attached hydrogens (tertiary/aromatic N) is 3. The van der Waals surface area contributed by atoms with Crippen molar-refractivity contribution < 1.29 is 9.90 Å². The maximum absolute atomic E-state index is 13.3. The van der Waals surface area contributed by atoms with Crippen LogP contribution >= 0.6 is 23.2 Å². The van der Waals surface area contributed by atoms with Gasteiger partial charge >= 0.3 is 0 Å². The van der Waals surface area contributed by atoms with Gasteiger partial charge < -0.3 is 10.4 Å². The van der Waals surface area contributed by atoms with E-state index in [1.807, 2.05) is 6.07 Å². The zero-order valence-electron chi connectivity index (χ0n) is 17.0. The normalized spacial score (nSPS) is 19.6. The average Bonchev–Trinajstić information content (AvgIpc) is 3.10. The van der Waals surface area contributed by atoms with Crippen LogP contribution in [0.2, 0.25) is 10.0 Å². The van der Waals surface area contributed by atoms with Gasteiger partial charge in [0.25, 0.3) is 0 Å². The first-order valence-corrected chi connectivity index (χ1v) is 10.7. The molecule has 1 unspecified atom stereocenters. The van der Waals surface area contributed by atoms with Gasteiger partial charge in [0.2, 0.25) is 5.95 Å². The van der Waals surface area contributed by atoms with Gasteiger partial charge in [-0.3, -0.25) is 4.79 Å². The summed E-state index contributed by atoms with van der Waals surface area (Å²) < 4.78 is 1.71. The van der Waals surface area contributed by atoms with Gasteiger partial charge in [-0.05, 0) is 48.2 Å². The minimum atomic E-state index is -0.502. The molecule has 31 heavy (non-hydrogen) atoms. The fourth-order valence-corrected chi connectivity index (χ4v) is 4.86. The lowest BCUT2D eigenvalue weighted by molar-refractivity contribution is -0.118. The molecule has 2 heterocycles. The van der Waals surface area contributed by atoms with Crippen LogP contribution in [0.4, 0.5) is 5.95 Å². The van der Waals surface area contributed by atoms with Gasteiger partial charge in [0, 0.05) is 38.9 Å². The number of benzene rings is 2. The molecule has 8 heteroatoms. The Morgan fingerprint density at radius 3 is 2.58 bits per heavy atom. The minimum Gasteiger partial charge on any atom is -0.508 e. The smallest absolute Gasteiger partial charge is 0.226 e.